The Hall–Kier alpha value is -1.89. The SMILES string of the molecule is CCOC(=O)c1ccc(NC(=O)CS(C)(=O)=O)cc1. The number of sulfone groups is 1. The van der Waals surface area contributed by atoms with E-state index in [0.717, 1.165) is 6.26 Å². The first-order valence-electron chi connectivity index (χ1n) is 5.56. The molecule has 0 aliphatic heterocycles. The van der Waals surface area contributed by atoms with E-state index in [1.165, 1.54) is 24.3 Å². The minimum Gasteiger partial charge on any atom is -0.462 e. The Balaban J connectivity index is 2.67. The summed E-state index contributed by atoms with van der Waals surface area (Å²) in [4.78, 5) is 22.7. The van der Waals surface area contributed by atoms with Gasteiger partial charge in [-0.1, -0.05) is 0 Å². The third-order valence-electron chi connectivity index (χ3n) is 2.07. The lowest BCUT2D eigenvalue weighted by molar-refractivity contribution is -0.113. The summed E-state index contributed by atoms with van der Waals surface area (Å²) in [5.74, 6) is -1.64. The number of carbonyl (C=O) groups is 2. The molecule has 1 aromatic rings. The molecular weight excluding hydrogens is 270 g/mol. The Morgan fingerprint density at radius 3 is 2.26 bits per heavy atom. The van der Waals surface area contributed by atoms with Crippen molar-refractivity contribution in [3.8, 4) is 0 Å². The number of anilines is 1. The molecular formula is C12H15NO5S. The molecule has 0 bridgehead atoms. The molecule has 1 aromatic carbocycles. The summed E-state index contributed by atoms with van der Waals surface area (Å²) in [5, 5.41) is 2.43. The average molecular weight is 285 g/mol. The normalized spacial score (nSPS) is 10.8. The maximum Gasteiger partial charge on any atom is 0.338 e. The van der Waals surface area contributed by atoms with Crippen LogP contribution in [-0.4, -0.2) is 38.9 Å². The Labute approximate surface area is 111 Å². The van der Waals surface area contributed by atoms with Crippen LogP contribution in [0.5, 0.6) is 0 Å². The number of hydrogen-bond donors (Lipinski definition) is 1. The van der Waals surface area contributed by atoms with Gasteiger partial charge in [0, 0.05) is 11.9 Å². The van der Waals surface area contributed by atoms with Gasteiger partial charge in [0.2, 0.25) is 5.91 Å². The van der Waals surface area contributed by atoms with Crippen molar-refractivity contribution in [2.45, 2.75) is 6.92 Å². The molecule has 0 aliphatic carbocycles. The van der Waals surface area contributed by atoms with Crippen molar-refractivity contribution in [3.05, 3.63) is 29.8 Å². The molecule has 0 unspecified atom stereocenters. The largest absolute Gasteiger partial charge is 0.462 e. The lowest BCUT2D eigenvalue weighted by atomic mass is 10.2. The molecule has 0 radical (unpaired) electrons. The fraction of sp³-hybridized carbons (Fsp3) is 0.333. The van der Waals surface area contributed by atoms with Crippen LogP contribution in [0.25, 0.3) is 0 Å². The van der Waals surface area contributed by atoms with Crippen molar-refractivity contribution in [3.63, 3.8) is 0 Å². The molecule has 1 rings (SSSR count). The first-order chi connectivity index (χ1) is 8.81. The van der Waals surface area contributed by atoms with Crippen molar-refractivity contribution < 1.29 is 22.7 Å². The van der Waals surface area contributed by atoms with E-state index in [9.17, 15) is 18.0 Å². The van der Waals surface area contributed by atoms with Crippen LogP contribution >= 0.6 is 0 Å². The number of benzene rings is 1. The summed E-state index contributed by atoms with van der Waals surface area (Å²) in [6, 6.07) is 6.00. The van der Waals surface area contributed by atoms with Gasteiger partial charge in [0.1, 0.15) is 5.75 Å². The van der Waals surface area contributed by atoms with Gasteiger partial charge < -0.3 is 10.1 Å². The van der Waals surface area contributed by atoms with E-state index in [1.54, 1.807) is 6.92 Å². The van der Waals surface area contributed by atoms with Gasteiger partial charge in [0.05, 0.1) is 12.2 Å². The van der Waals surface area contributed by atoms with Crippen LogP contribution in [0.1, 0.15) is 17.3 Å². The summed E-state index contributed by atoms with van der Waals surface area (Å²) in [6.07, 6.45) is 0.983. The lowest BCUT2D eigenvalue weighted by Crippen LogP contribution is -2.21. The minimum absolute atomic E-state index is 0.283. The molecule has 0 aromatic heterocycles. The van der Waals surface area contributed by atoms with Gasteiger partial charge >= 0.3 is 5.97 Å². The number of carbonyl (C=O) groups excluding carboxylic acids is 2. The molecule has 1 amide bonds. The van der Waals surface area contributed by atoms with E-state index in [2.05, 4.69) is 5.32 Å². The summed E-state index contributed by atoms with van der Waals surface area (Å²) >= 11 is 0. The minimum atomic E-state index is -3.36. The van der Waals surface area contributed by atoms with Crippen molar-refractivity contribution in [1.82, 2.24) is 0 Å². The fourth-order valence-corrected chi connectivity index (χ4v) is 1.89. The second-order valence-corrected chi connectivity index (χ2v) is 6.06. The smallest absolute Gasteiger partial charge is 0.338 e. The molecule has 0 heterocycles. The van der Waals surface area contributed by atoms with Crippen LogP contribution < -0.4 is 5.32 Å². The summed E-state index contributed by atoms with van der Waals surface area (Å²) < 4.78 is 26.7. The third-order valence-corrected chi connectivity index (χ3v) is 2.86. The third kappa shape index (κ3) is 5.52. The lowest BCUT2D eigenvalue weighted by Gasteiger charge is -2.05. The van der Waals surface area contributed by atoms with Crippen molar-refractivity contribution in [1.29, 1.82) is 0 Å². The molecule has 7 heteroatoms. The monoisotopic (exact) mass is 285 g/mol. The number of rotatable bonds is 5. The van der Waals surface area contributed by atoms with E-state index in [-0.39, 0.29) is 6.61 Å². The average Bonchev–Trinajstić information content (AvgIpc) is 2.27. The zero-order chi connectivity index (χ0) is 14.5. The Morgan fingerprint density at radius 1 is 1.21 bits per heavy atom. The number of amides is 1. The number of hydrogen-bond acceptors (Lipinski definition) is 5. The quantitative estimate of drug-likeness (QED) is 0.810. The first-order valence-corrected chi connectivity index (χ1v) is 7.62. The van der Waals surface area contributed by atoms with E-state index >= 15 is 0 Å². The summed E-state index contributed by atoms with van der Waals surface area (Å²) in [5.41, 5.74) is 0.782. The molecule has 1 N–H and O–H groups in total. The Bertz CT molecular complexity index is 562. The first kappa shape index (κ1) is 15.2. The molecule has 0 saturated carbocycles. The molecule has 0 aliphatic rings. The second kappa shape index (κ2) is 6.33. The standard InChI is InChI=1S/C12H15NO5S/c1-3-18-12(15)9-4-6-10(7-5-9)13-11(14)8-19(2,16)17/h4-7H,3,8H2,1-2H3,(H,13,14). The van der Waals surface area contributed by atoms with Gasteiger partial charge in [-0.25, -0.2) is 13.2 Å². The molecule has 0 fully saturated rings. The van der Waals surface area contributed by atoms with E-state index in [4.69, 9.17) is 4.74 Å². The van der Waals surface area contributed by atoms with E-state index < -0.39 is 27.5 Å². The highest BCUT2D eigenvalue weighted by Gasteiger charge is 2.11. The fourth-order valence-electron chi connectivity index (χ4n) is 1.34. The van der Waals surface area contributed by atoms with Crippen LogP contribution in [0.15, 0.2) is 24.3 Å². The van der Waals surface area contributed by atoms with Crippen molar-refractivity contribution in [2.24, 2.45) is 0 Å². The second-order valence-electron chi connectivity index (χ2n) is 3.92. The van der Waals surface area contributed by atoms with Crippen LogP contribution in [0, 0.1) is 0 Å². The maximum atomic E-state index is 11.4. The summed E-state index contributed by atoms with van der Waals surface area (Å²) in [7, 11) is -3.36. The van der Waals surface area contributed by atoms with Gasteiger partial charge in [-0.15, -0.1) is 0 Å². The molecule has 6 nitrogen and oxygen atoms in total. The molecule has 104 valence electrons. The van der Waals surface area contributed by atoms with Gasteiger partial charge in [-0.2, -0.15) is 0 Å². The zero-order valence-corrected chi connectivity index (χ0v) is 11.5. The maximum absolute atomic E-state index is 11.4. The molecule has 0 saturated heterocycles. The van der Waals surface area contributed by atoms with Crippen LogP contribution in [-0.2, 0) is 19.4 Å². The van der Waals surface area contributed by atoms with Crippen molar-refractivity contribution in [2.75, 3.05) is 23.9 Å². The van der Waals surface area contributed by atoms with Gasteiger partial charge in [-0.05, 0) is 31.2 Å². The molecule has 19 heavy (non-hydrogen) atoms. The highest BCUT2D eigenvalue weighted by molar-refractivity contribution is 7.91. The van der Waals surface area contributed by atoms with Crippen molar-refractivity contribution >= 4 is 27.4 Å². The topological polar surface area (TPSA) is 89.5 Å². The molecule has 0 spiro atoms. The highest BCUT2D eigenvalue weighted by atomic mass is 32.2. The molecule has 0 atom stereocenters. The van der Waals surface area contributed by atoms with E-state index in [1.807, 2.05) is 0 Å². The number of nitrogens with one attached hydrogen (secondary N) is 1. The Kier molecular flexibility index (Phi) is 5.05. The van der Waals surface area contributed by atoms with Gasteiger partial charge in [0.15, 0.2) is 9.84 Å². The Morgan fingerprint density at radius 2 is 1.79 bits per heavy atom. The van der Waals surface area contributed by atoms with Crippen LogP contribution in [0.3, 0.4) is 0 Å². The van der Waals surface area contributed by atoms with E-state index in [0.29, 0.717) is 11.3 Å². The van der Waals surface area contributed by atoms with Gasteiger partial charge in [0.25, 0.3) is 0 Å². The van der Waals surface area contributed by atoms with Gasteiger partial charge in [-0.3, -0.25) is 4.79 Å². The predicted octanol–water partition coefficient (Wildman–Crippen LogP) is 0.846. The van der Waals surface area contributed by atoms with Crippen LogP contribution in [0.2, 0.25) is 0 Å². The number of ether oxygens (including phenoxy) is 1. The zero-order valence-electron chi connectivity index (χ0n) is 10.7. The number of esters is 1. The highest BCUT2D eigenvalue weighted by Crippen LogP contribution is 2.10. The van der Waals surface area contributed by atoms with Crippen LogP contribution in [0.4, 0.5) is 5.69 Å². The predicted molar refractivity (Wildman–Crippen MR) is 70.7 cm³/mol. The summed E-state index contributed by atoms with van der Waals surface area (Å²) in [6.45, 7) is 1.99.